The summed E-state index contributed by atoms with van der Waals surface area (Å²) >= 11 is 1.38. The summed E-state index contributed by atoms with van der Waals surface area (Å²) in [5.41, 5.74) is 0.724. The average Bonchev–Trinajstić information content (AvgIpc) is 3.31. The maximum atomic E-state index is 13.5. The lowest BCUT2D eigenvalue weighted by atomic mass is 10.2. The number of amides is 2. The minimum absolute atomic E-state index is 0.267. The second-order valence-corrected chi connectivity index (χ2v) is 7.38. The van der Waals surface area contributed by atoms with Gasteiger partial charge in [-0.25, -0.2) is 9.18 Å². The van der Waals surface area contributed by atoms with Gasteiger partial charge in [0.1, 0.15) is 23.0 Å². The van der Waals surface area contributed by atoms with Crippen molar-refractivity contribution in [3.63, 3.8) is 0 Å². The standard InChI is InChI=1S/C19H19FN2O5S/c1-11-5-6-13(8-14(11)20)21-17(24)9-27-19(25)15-10-28-18(22(15)12(2)23)16-4-3-7-26-16/h3-8,15,18H,9-10H2,1-2H3,(H,21,24)/t15-,18+/m1/s1. The predicted octanol–water partition coefficient (Wildman–Crippen LogP) is 2.87. The Kier molecular flexibility index (Phi) is 6.03. The summed E-state index contributed by atoms with van der Waals surface area (Å²) in [4.78, 5) is 37.9. The zero-order chi connectivity index (χ0) is 20.3. The molecule has 2 heterocycles. The fourth-order valence-corrected chi connectivity index (χ4v) is 4.24. The fourth-order valence-electron chi connectivity index (χ4n) is 2.82. The van der Waals surface area contributed by atoms with Crippen molar-refractivity contribution in [2.75, 3.05) is 17.7 Å². The van der Waals surface area contributed by atoms with Gasteiger partial charge in [-0.15, -0.1) is 11.8 Å². The molecule has 1 aromatic heterocycles. The van der Waals surface area contributed by atoms with Crippen LogP contribution in [0.25, 0.3) is 0 Å². The quantitative estimate of drug-likeness (QED) is 0.768. The molecule has 1 aromatic carbocycles. The van der Waals surface area contributed by atoms with Crippen molar-refractivity contribution in [3.05, 3.63) is 53.7 Å². The highest BCUT2D eigenvalue weighted by Crippen LogP contribution is 2.41. The van der Waals surface area contributed by atoms with Gasteiger partial charge in [0.15, 0.2) is 6.61 Å². The molecule has 0 spiro atoms. The molecule has 7 nitrogen and oxygen atoms in total. The van der Waals surface area contributed by atoms with Gasteiger partial charge in [-0.1, -0.05) is 6.07 Å². The number of nitrogens with one attached hydrogen (secondary N) is 1. The zero-order valence-electron chi connectivity index (χ0n) is 15.3. The van der Waals surface area contributed by atoms with Gasteiger partial charge in [0, 0.05) is 18.4 Å². The van der Waals surface area contributed by atoms with E-state index in [1.54, 1.807) is 25.1 Å². The molecule has 1 aliphatic rings. The Balaban J connectivity index is 1.58. The molecule has 0 saturated carbocycles. The highest BCUT2D eigenvalue weighted by molar-refractivity contribution is 7.99. The van der Waals surface area contributed by atoms with Crippen molar-refractivity contribution in [1.29, 1.82) is 0 Å². The summed E-state index contributed by atoms with van der Waals surface area (Å²) in [7, 11) is 0. The molecular weight excluding hydrogens is 387 g/mol. The largest absolute Gasteiger partial charge is 0.466 e. The Morgan fingerprint density at radius 1 is 1.36 bits per heavy atom. The molecule has 1 saturated heterocycles. The number of ether oxygens (including phenoxy) is 1. The average molecular weight is 406 g/mol. The van der Waals surface area contributed by atoms with Gasteiger partial charge in [0.05, 0.1) is 6.26 Å². The summed E-state index contributed by atoms with van der Waals surface area (Å²) in [6, 6.07) is 6.90. The van der Waals surface area contributed by atoms with Crippen LogP contribution in [0.5, 0.6) is 0 Å². The number of carbonyl (C=O) groups is 3. The first-order valence-corrected chi connectivity index (χ1v) is 9.58. The Hall–Kier alpha value is -2.81. The van der Waals surface area contributed by atoms with E-state index in [0.29, 0.717) is 17.1 Å². The third-order valence-corrected chi connectivity index (χ3v) is 5.51. The lowest BCUT2D eigenvalue weighted by molar-refractivity contribution is -0.155. The number of hydrogen-bond donors (Lipinski definition) is 1. The van der Waals surface area contributed by atoms with E-state index >= 15 is 0 Å². The van der Waals surface area contributed by atoms with E-state index in [2.05, 4.69) is 5.32 Å². The molecule has 0 bridgehead atoms. The van der Waals surface area contributed by atoms with Gasteiger partial charge in [-0.05, 0) is 36.8 Å². The van der Waals surface area contributed by atoms with Crippen LogP contribution in [-0.4, -0.2) is 41.1 Å². The van der Waals surface area contributed by atoms with Gasteiger partial charge in [-0.3, -0.25) is 9.59 Å². The molecule has 0 aliphatic carbocycles. The number of benzene rings is 1. The number of anilines is 1. The van der Waals surface area contributed by atoms with E-state index in [1.165, 1.54) is 42.0 Å². The maximum Gasteiger partial charge on any atom is 0.330 e. The van der Waals surface area contributed by atoms with Crippen LogP contribution < -0.4 is 5.32 Å². The summed E-state index contributed by atoms with van der Waals surface area (Å²) in [5, 5.41) is 2.04. The molecule has 3 rings (SSSR count). The monoisotopic (exact) mass is 406 g/mol. The smallest absolute Gasteiger partial charge is 0.330 e. The summed E-state index contributed by atoms with van der Waals surface area (Å²) < 4.78 is 24.0. The second-order valence-electron chi connectivity index (χ2n) is 6.26. The number of aryl methyl sites for hydroxylation is 1. The molecule has 148 valence electrons. The maximum absolute atomic E-state index is 13.5. The van der Waals surface area contributed by atoms with Crippen LogP contribution in [0.15, 0.2) is 41.0 Å². The molecule has 2 atom stereocenters. The van der Waals surface area contributed by atoms with Crippen molar-refractivity contribution in [3.8, 4) is 0 Å². The third kappa shape index (κ3) is 4.36. The minimum Gasteiger partial charge on any atom is -0.466 e. The fraction of sp³-hybridized carbons (Fsp3) is 0.316. The topological polar surface area (TPSA) is 88.8 Å². The minimum atomic E-state index is -0.817. The van der Waals surface area contributed by atoms with Crippen LogP contribution in [0.3, 0.4) is 0 Å². The number of furan rings is 1. The highest BCUT2D eigenvalue weighted by Gasteiger charge is 2.43. The molecule has 2 aromatic rings. The lowest BCUT2D eigenvalue weighted by Crippen LogP contribution is -2.43. The first-order valence-electron chi connectivity index (χ1n) is 8.53. The normalized spacial score (nSPS) is 18.8. The Bertz CT molecular complexity index is 886. The van der Waals surface area contributed by atoms with Crippen LogP contribution in [0.4, 0.5) is 10.1 Å². The number of nitrogens with zero attached hydrogens (tertiary/aromatic N) is 1. The Morgan fingerprint density at radius 2 is 2.14 bits per heavy atom. The highest BCUT2D eigenvalue weighted by atomic mass is 32.2. The number of halogens is 1. The van der Waals surface area contributed by atoms with Crippen molar-refractivity contribution >= 4 is 35.2 Å². The van der Waals surface area contributed by atoms with Crippen molar-refractivity contribution in [1.82, 2.24) is 4.90 Å². The SMILES string of the molecule is CC(=O)N1[C@@H](C(=O)OCC(=O)Nc2ccc(C)c(F)c2)CS[C@H]1c1ccco1. The predicted molar refractivity (Wildman–Crippen MR) is 101 cm³/mol. The van der Waals surface area contributed by atoms with E-state index < -0.39 is 35.7 Å². The van der Waals surface area contributed by atoms with Crippen LogP contribution >= 0.6 is 11.8 Å². The number of rotatable bonds is 5. The van der Waals surface area contributed by atoms with Crippen LogP contribution in [-0.2, 0) is 19.1 Å². The number of carbonyl (C=O) groups excluding carboxylic acids is 3. The van der Waals surface area contributed by atoms with E-state index in [9.17, 15) is 18.8 Å². The molecule has 2 amide bonds. The van der Waals surface area contributed by atoms with Gasteiger partial charge >= 0.3 is 5.97 Å². The van der Waals surface area contributed by atoms with Crippen LogP contribution in [0.2, 0.25) is 0 Å². The summed E-state index contributed by atoms with van der Waals surface area (Å²) in [5.74, 6) is -1.13. The summed E-state index contributed by atoms with van der Waals surface area (Å²) in [6.07, 6.45) is 1.50. The van der Waals surface area contributed by atoms with Crippen LogP contribution in [0, 0.1) is 12.7 Å². The van der Waals surface area contributed by atoms with Crippen molar-refractivity contribution < 1.29 is 27.9 Å². The van der Waals surface area contributed by atoms with Gasteiger partial charge in [0.2, 0.25) is 5.91 Å². The molecule has 28 heavy (non-hydrogen) atoms. The number of hydrogen-bond acceptors (Lipinski definition) is 6. The lowest BCUT2D eigenvalue weighted by Gasteiger charge is -2.25. The number of thioether (sulfide) groups is 1. The van der Waals surface area contributed by atoms with Crippen LogP contribution in [0.1, 0.15) is 23.6 Å². The molecule has 1 fully saturated rings. The van der Waals surface area contributed by atoms with Crippen molar-refractivity contribution in [2.24, 2.45) is 0 Å². The van der Waals surface area contributed by atoms with Crippen molar-refractivity contribution in [2.45, 2.75) is 25.3 Å². The first kappa shape index (κ1) is 19.9. The first-order chi connectivity index (χ1) is 13.4. The van der Waals surface area contributed by atoms with Gasteiger partial charge in [-0.2, -0.15) is 0 Å². The molecule has 9 heteroatoms. The Morgan fingerprint density at radius 3 is 2.79 bits per heavy atom. The number of esters is 1. The Labute approximate surface area is 165 Å². The zero-order valence-corrected chi connectivity index (χ0v) is 16.1. The van der Waals surface area contributed by atoms with E-state index in [1.807, 2.05) is 0 Å². The summed E-state index contributed by atoms with van der Waals surface area (Å²) in [6.45, 7) is 2.44. The van der Waals surface area contributed by atoms with E-state index in [-0.39, 0.29) is 11.6 Å². The molecule has 1 N–H and O–H groups in total. The van der Waals surface area contributed by atoms with Gasteiger partial charge < -0.3 is 19.4 Å². The molecule has 0 unspecified atom stereocenters. The second kappa shape index (κ2) is 8.47. The van der Waals surface area contributed by atoms with E-state index in [0.717, 1.165) is 0 Å². The van der Waals surface area contributed by atoms with E-state index in [4.69, 9.17) is 9.15 Å². The molecule has 0 radical (unpaired) electrons. The molecule has 1 aliphatic heterocycles. The third-order valence-electron chi connectivity index (χ3n) is 4.22. The van der Waals surface area contributed by atoms with Gasteiger partial charge in [0.25, 0.3) is 5.91 Å². The molecular formula is C19H19FN2O5S.